The summed E-state index contributed by atoms with van der Waals surface area (Å²) in [6, 6.07) is -0.788. The number of aliphatic carboxylic acids is 1. The summed E-state index contributed by atoms with van der Waals surface area (Å²) in [5, 5.41) is 11.5. The van der Waals surface area contributed by atoms with Crippen molar-refractivity contribution in [1.82, 2.24) is 5.32 Å². The van der Waals surface area contributed by atoms with Crippen LogP contribution in [-0.4, -0.2) is 29.6 Å². The summed E-state index contributed by atoms with van der Waals surface area (Å²) in [5.74, 6) is -0.727. The third kappa shape index (κ3) is 8.59. The Bertz CT molecular complexity index is 269. The molecular weight excluding hydrogens is 244 g/mol. The minimum absolute atomic E-state index is 0.112. The van der Waals surface area contributed by atoms with Crippen LogP contribution in [0.4, 0.5) is 0 Å². The van der Waals surface area contributed by atoms with Gasteiger partial charge in [-0.15, -0.1) is 0 Å². The van der Waals surface area contributed by atoms with E-state index in [0.717, 1.165) is 38.5 Å². The third-order valence-electron chi connectivity index (χ3n) is 3.33. The molecule has 1 amide bonds. The van der Waals surface area contributed by atoms with Gasteiger partial charge < -0.3 is 16.2 Å². The van der Waals surface area contributed by atoms with Gasteiger partial charge in [0.05, 0.1) is 0 Å². The third-order valence-corrected chi connectivity index (χ3v) is 3.33. The van der Waals surface area contributed by atoms with Crippen molar-refractivity contribution in [2.24, 2.45) is 11.7 Å². The Morgan fingerprint density at radius 1 is 1.16 bits per heavy atom. The first-order valence-electron chi connectivity index (χ1n) is 7.29. The van der Waals surface area contributed by atoms with Gasteiger partial charge in [-0.2, -0.15) is 0 Å². The monoisotopic (exact) mass is 272 g/mol. The van der Waals surface area contributed by atoms with Crippen molar-refractivity contribution < 1.29 is 14.7 Å². The second-order valence-electron chi connectivity index (χ2n) is 4.98. The van der Waals surface area contributed by atoms with Gasteiger partial charge in [-0.05, 0) is 32.1 Å². The molecule has 4 N–H and O–H groups in total. The van der Waals surface area contributed by atoms with E-state index in [-0.39, 0.29) is 11.8 Å². The second kappa shape index (κ2) is 10.8. The summed E-state index contributed by atoms with van der Waals surface area (Å²) in [5.41, 5.74) is 5.40. The molecule has 19 heavy (non-hydrogen) atoms. The van der Waals surface area contributed by atoms with Crippen molar-refractivity contribution in [2.75, 3.05) is 6.54 Å². The van der Waals surface area contributed by atoms with Crippen LogP contribution in [0.1, 0.15) is 58.8 Å². The van der Waals surface area contributed by atoms with Gasteiger partial charge in [0.25, 0.3) is 0 Å². The van der Waals surface area contributed by atoms with E-state index in [1.54, 1.807) is 0 Å². The minimum atomic E-state index is -0.963. The molecule has 0 aromatic carbocycles. The normalized spacial score (nSPS) is 13.8. The first-order chi connectivity index (χ1) is 9.02. The van der Waals surface area contributed by atoms with Crippen LogP contribution in [0.5, 0.6) is 0 Å². The summed E-state index contributed by atoms with van der Waals surface area (Å²) in [6.45, 7) is 4.76. The first-order valence-corrected chi connectivity index (χ1v) is 7.29. The number of carboxylic acid groups (broad SMARTS) is 1. The van der Waals surface area contributed by atoms with Crippen LogP contribution in [0.25, 0.3) is 0 Å². The summed E-state index contributed by atoms with van der Waals surface area (Å²) in [6.07, 6.45) is 5.96. The van der Waals surface area contributed by atoms with E-state index in [0.29, 0.717) is 13.0 Å². The van der Waals surface area contributed by atoms with Crippen molar-refractivity contribution in [1.29, 1.82) is 0 Å². The largest absolute Gasteiger partial charge is 0.480 e. The van der Waals surface area contributed by atoms with Gasteiger partial charge in [-0.1, -0.05) is 26.7 Å². The molecule has 0 spiro atoms. The van der Waals surface area contributed by atoms with Crippen LogP contribution in [0.2, 0.25) is 0 Å². The molecule has 5 nitrogen and oxygen atoms in total. The molecule has 0 heterocycles. The van der Waals surface area contributed by atoms with Crippen molar-refractivity contribution in [3.05, 3.63) is 0 Å². The second-order valence-corrected chi connectivity index (χ2v) is 4.98. The highest BCUT2D eigenvalue weighted by Crippen LogP contribution is 2.12. The van der Waals surface area contributed by atoms with E-state index in [1.165, 1.54) is 0 Å². The van der Waals surface area contributed by atoms with E-state index < -0.39 is 12.0 Å². The number of hydrogen-bond donors (Lipinski definition) is 3. The van der Waals surface area contributed by atoms with Crippen LogP contribution >= 0.6 is 0 Å². The number of carbonyl (C=O) groups is 2. The molecule has 5 heteroatoms. The number of unbranched alkanes of at least 4 members (excludes halogenated alkanes) is 2. The molecule has 0 aliphatic rings. The molecule has 0 aliphatic heterocycles. The summed E-state index contributed by atoms with van der Waals surface area (Å²) in [7, 11) is 0. The number of rotatable bonds is 11. The van der Waals surface area contributed by atoms with Gasteiger partial charge in [-0.3, -0.25) is 9.59 Å². The van der Waals surface area contributed by atoms with Gasteiger partial charge in [0.1, 0.15) is 6.04 Å². The molecule has 0 aromatic heterocycles. The van der Waals surface area contributed by atoms with E-state index in [1.807, 2.05) is 6.92 Å². The zero-order valence-corrected chi connectivity index (χ0v) is 12.2. The van der Waals surface area contributed by atoms with Crippen molar-refractivity contribution in [2.45, 2.75) is 64.8 Å². The molecule has 0 saturated carbocycles. The smallest absolute Gasteiger partial charge is 0.320 e. The number of nitrogens with one attached hydrogen (secondary N) is 1. The Kier molecular flexibility index (Phi) is 10.2. The van der Waals surface area contributed by atoms with Crippen molar-refractivity contribution >= 4 is 11.9 Å². The molecule has 0 saturated heterocycles. The predicted molar refractivity (Wildman–Crippen MR) is 75.8 cm³/mol. The predicted octanol–water partition coefficient (Wildman–Crippen LogP) is 1.90. The quantitative estimate of drug-likeness (QED) is 0.501. The number of hydrogen-bond acceptors (Lipinski definition) is 3. The average Bonchev–Trinajstić information content (AvgIpc) is 2.38. The molecule has 1 unspecified atom stereocenters. The maximum atomic E-state index is 11.9. The summed E-state index contributed by atoms with van der Waals surface area (Å²) >= 11 is 0. The standard InChI is InChI=1S/C14H28N2O3/c1-3-5-8-11(4-2)13(17)16-10-7-6-9-12(15)14(18)19/h11-12H,3-10,15H2,1-2H3,(H,16,17)(H,18,19)/t11?,12-/m0/s1. The minimum Gasteiger partial charge on any atom is -0.480 e. The van der Waals surface area contributed by atoms with E-state index in [2.05, 4.69) is 12.2 Å². The topological polar surface area (TPSA) is 92.4 Å². The molecule has 0 aromatic rings. The Labute approximate surface area is 115 Å². The maximum Gasteiger partial charge on any atom is 0.320 e. The Balaban J connectivity index is 3.69. The number of amides is 1. The lowest BCUT2D eigenvalue weighted by Crippen LogP contribution is -2.32. The van der Waals surface area contributed by atoms with Crippen LogP contribution < -0.4 is 11.1 Å². The van der Waals surface area contributed by atoms with Crippen LogP contribution in [-0.2, 0) is 9.59 Å². The molecule has 0 fully saturated rings. The van der Waals surface area contributed by atoms with Gasteiger partial charge in [0.15, 0.2) is 0 Å². The number of carbonyl (C=O) groups excluding carboxylic acids is 1. The fourth-order valence-electron chi connectivity index (χ4n) is 1.94. The van der Waals surface area contributed by atoms with Gasteiger partial charge >= 0.3 is 5.97 Å². The summed E-state index contributed by atoms with van der Waals surface area (Å²) < 4.78 is 0. The van der Waals surface area contributed by atoms with Crippen molar-refractivity contribution in [3.63, 3.8) is 0 Å². The van der Waals surface area contributed by atoms with Gasteiger partial charge in [0.2, 0.25) is 5.91 Å². The van der Waals surface area contributed by atoms with Crippen molar-refractivity contribution in [3.8, 4) is 0 Å². The Morgan fingerprint density at radius 2 is 1.84 bits per heavy atom. The van der Waals surface area contributed by atoms with Crippen LogP contribution in [0, 0.1) is 5.92 Å². The zero-order chi connectivity index (χ0) is 14.7. The van der Waals surface area contributed by atoms with Crippen LogP contribution in [0.3, 0.4) is 0 Å². The van der Waals surface area contributed by atoms with Crippen LogP contribution in [0.15, 0.2) is 0 Å². The zero-order valence-electron chi connectivity index (χ0n) is 12.2. The van der Waals surface area contributed by atoms with E-state index >= 15 is 0 Å². The maximum absolute atomic E-state index is 11.9. The SMILES string of the molecule is CCCCC(CC)C(=O)NCCCC[C@H](N)C(=O)O. The average molecular weight is 272 g/mol. The first kappa shape index (κ1) is 17.9. The highest BCUT2D eigenvalue weighted by atomic mass is 16.4. The fourth-order valence-corrected chi connectivity index (χ4v) is 1.94. The van der Waals surface area contributed by atoms with Gasteiger partial charge in [0, 0.05) is 12.5 Å². The van der Waals surface area contributed by atoms with E-state index in [9.17, 15) is 9.59 Å². The van der Waals surface area contributed by atoms with Gasteiger partial charge in [-0.25, -0.2) is 0 Å². The number of carboxylic acids is 1. The van der Waals surface area contributed by atoms with E-state index in [4.69, 9.17) is 10.8 Å². The molecular formula is C14H28N2O3. The molecule has 0 aliphatic carbocycles. The Hall–Kier alpha value is -1.10. The lowest BCUT2D eigenvalue weighted by atomic mass is 9.98. The Morgan fingerprint density at radius 3 is 2.37 bits per heavy atom. The lowest BCUT2D eigenvalue weighted by Gasteiger charge is -2.14. The highest BCUT2D eigenvalue weighted by molar-refractivity contribution is 5.78. The molecule has 2 atom stereocenters. The molecule has 0 bridgehead atoms. The highest BCUT2D eigenvalue weighted by Gasteiger charge is 2.15. The molecule has 0 radical (unpaired) electrons. The number of nitrogens with two attached hydrogens (primary N) is 1. The molecule has 112 valence electrons. The summed E-state index contributed by atoms with van der Waals surface area (Å²) in [4.78, 5) is 22.4. The fraction of sp³-hybridized carbons (Fsp3) is 0.857. The lowest BCUT2D eigenvalue weighted by molar-refractivity contribution is -0.138. The molecule has 0 rings (SSSR count).